The second kappa shape index (κ2) is 7.37. The van der Waals surface area contributed by atoms with Gasteiger partial charge in [0, 0.05) is 39.2 Å². The molecule has 1 fully saturated rings. The number of nitrogens with one attached hydrogen (secondary N) is 2. The van der Waals surface area contributed by atoms with Gasteiger partial charge in [-0.3, -0.25) is 4.79 Å². The molecule has 0 saturated heterocycles. The van der Waals surface area contributed by atoms with Gasteiger partial charge in [0.25, 0.3) is 5.91 Å². The van der Waals surface area contributed by atoms with Crippen molar-refractivity contribution in [2.45, 2.75) is 18.9 Å². The first-order valence-electron chi connectivity index (χ1n) is 8.42. The first kappa shape index (κ1) is 18.3. The minimum atomic E-state index is -0.338. The highest BCUT2D eigenvalue weighted by molar-refractivity contribution is 6.34. The zero-order valence-electron chi connectivity index (χ0n) is 15.0. The Balaban J connectivity index is 1.72. The van der Waals surface area contributed by atoms with Crippen LogP contribution in [0, 0.1) is 5.92 Å². The van der Waals surface area contributed by atoms with Crippen molar-refractivity contribution in [2.75, 3.05) is 19.4 Å². The monoisotopic (exact) mass is 375 g/mol. The van der Waals surface area contributed by atoms with Crippen LogP contribution in [0.4, 0.5) is 10.5 Å². The number of rotatable bonds is 5. The Bertz CT molecular complexity index is 829. The van der Waals surface area contributed by atoms with Gasteiger partial charge in [0.15, 0.2) is 0 Å². The topological polar surface area (TPSA) is 79.3 Å². The first-order valence-corrected chi connectivity index (χ1v) is 8.80. The summed E-state index contributed by atoms with van der Waals surface area (Å²) in [6.07, 6.45) is 5.73. The number of carbonyl (C=O) groups is 2. The van der Waals surface area contributed by atoms with E-state index >= 15 is 0 Å². The van der Waals surface area contributed by atoms with Gasteiger partial charge in [-0.25, -0.2) is 9.78 Å². The predicted octanol–water partition coefficient (Wildman–Crippen LogP) is 3.05. The van der Waals surface area contributed by atoms with E-state index in [1.165, 1.54) is 4.90 Å². The van der Waals surface area contributed by atoms with E-state index in [1.54, 1.807) is 38.5 Å². The predicted molar refractivity (Wildman–Crippen MR) is 100 cm³/mol. The normalized spacial score (nSPS) is 14.6. The average molecular weight is 376 g/mol. The number of amides is 3. The molecule has 7 nitrogen and oxygen atoms in total. The Hall–Kier alpha value is -2.54. The van der Waals surface area contributed by atoms with E-state index in [2.05, 4.69) is 15.6 Å². The van der Waals surface area contributed by atoms with Crippen LogP contribution in [0.2, 0.25) is 5.02 Å². The van der Waals surface area contributed by atoms with Crippen LogP contribution >= 0.6 is 11.6 Å². The Morgan fingerprint density at radius 2 is 2.08 bits per heavy atom. The fourth-order valence-corrected chi connectivity index (χ4v) is 3.01. The van der Waals surface area contributed by atoms with Crippen molar-refractivity contribution < 1.29 is 9.59 Å². The van der Waals surface area contributed by atoms with Gasteiger partial charge in [-0.2, -0.15) is 0 Å². The highest BCUT2D eigenvalue weighted by Gasteiger charge is 2.35. The molecule has 1 saturated carbocycles. The van der Waals surface area contributed by atoms with Crippen LogP contribution < -0.4 is 10.6 Å². The molecule has 3 rings (SSSR count). The molecule has 1 aliphatic rings. The Morgan fingerprint density at radius 3 is 2.65 bits per heavy atom. The fourth-order valence-electron chi connectivity index (χ4n) is 2.82. The minimum absolute atomic E-state index is 0.134. The van der Waals surface area contributed by atoms with Gasteiger partial charge in [0.2, 0.25) is 0 Å². The maximum Gasteiger partial charge on any atom is 0.319 e. The van der Waals surface area contributed by atoms with Crippen LogP contribution in [0.3, 0.4) is 0 Å². The smallest absolute Gasteiger partial charge is 0.319 e. The molecule has 1 aliphatic carbocycles. The van der Waals surface area contributed by atoms with Crippen LogP contribution in [0.1, 0.15) is 35.1 Å². The number of halogens is 1. The molecule has 1 heterocycles. The molecule has 1 atom stereocenters. The maximum atomic E-state index is 12.5. The van der Waals surface area contributed by atoms with Crippen molar-refractivity contribution in [3.63, 3.8) is 0 Å². The van der Waals surface area contributed by atoms with E-state index in [9.17, 15) is 9.59 Å². The molecule has 0 spiro atoms. The molecule has 0 radical (unpaired) electrons. The molecular weight excluding hydrogens is 354 g/mol. The number of aromatic nitrogens is 2. The molecule has 1 aromatic heterocycles. The summed E-state index contributed by atoms with van der Waals surface area (Å²) in [5.41, 5.74) is 0.851. The zero-order valence-corrected chi connectivity index (χ0v) is 15.7. The highest BCUT2D eigenvalue weighted by atomic mass is 35.5. The second-order valence-corrected chi connectivity index (χ2v) is 7.11. The summed E-state index contributed by atoms with van der Waals surface area (Å²) >= 11 is 6.10. The second-order valence-electron chi connectivity index (χ2n) is 6.70. The van der Waals surface area contributed by atoms with Crippen molar-refractivity contribution in [1.82, 2.24) is 19.8 Å². The number of aryl methyl sites for hydroxylation is 1. The van der Waals surface area contributed by atoms with Gasteiger partial charge in [0.1, 0.15) is 5.82 Å². The Morgan fingerprint density at radius 1 is 1.35 bits per heavy atom. The Kier molecular flexibility index (Phi) is 5.18. The lowest BCUT2D eigenvalue weighted by atomic mass is 10.1. The van der Waals surface area contributed by atoms with E-state index in [4.69, 9.17) is 11.6 Å². The lowest BCUT2D eigenvalue weighted by molar-refractivity contribution is 0.0828. The molecule has 2 aromatic rings. The van der Waals surface area contributed by atoms with Crippen molar-refractivity contribution in [3.05, 3.63) is 47.0 Å². The van der Waals surface area contributed by atoms with Gasteiger partial charge in [0.05, 0.1) is 16.6 Å². The molecule has 26 heavy (non-hydrogen) atoms. The van der Waals surface area contributed by atoms with Crippen molar-refractivity contribution in [1.29, 1.82) is 0 Å². The first-order chi connectivity index (χ1) is 12.4. The molecule has 0 bridgehead atoms. The summed E-state index contributed by atoms with van der Waals surface area (Å²) in [7, 11) is 5.22. The van der Waals surface area contributed by atoms with Gasteiger partial charge in [-0.1, -0.05) is 11.6 Å². The molecule has 138 valence electrons. The van der Waals surface area contributed by atoms with E-state index < -0.39 is 0 Å². The number of benzene rings is 1. The molecule has 3 amide bonds. The van der Waals surface area contributed by atoms with Crippen LogP contribution in [0.25, 0.3) is 0 Å². The standard InChI is InChI=1S/C18H22ClN5O2/c1-23(2)17(25)13-10-12(6-7-14(13)19)21-18(26)22-15(11-4-5-11)16-20-8-9-24(16)3/h6-11,15H,4-5H2,1-3H3,(H2,21,22,26)/t15-/m0/s1. The van der Waals surface area contributed by atoms with E-state index in [0.29, 0.717) is 22.2 Å². The quantitative estimate of drug-likeness (QED) is 0.842. The molecule has 0 aliphatic heterocycles. The fraction of sp³-hybridized carbons (Fsp3) is 0.389. The van der Waals surface area contributed by atoms with Gasteiger partial charge in [-0.05, 0) is 37.0 Å². The van der Waals surface area contributed by atoms with Crippen LogP contribution in [0.5, 0.6) is 0 Å². The van der Waals surface area contributed by atoms with E-state index in [-0.39, 0.29) is 18.0 Å². The zero-order chi connectivity index (χ0) is 18.8. The van der Waals surface area contributed by atoms with Crippen molar-refractivity contribution in [3.8, 4) is 0 Å². The lowest BCUT2D eigenvalue weighted by Gasteiger charge is -2.19. The third kappa shape index (κ3) is 3.99. The van der Waals surface area contributed by atoms with Gasteiger partial charge >= 0.3 is 6.03 Å². The van der Waals surface area contributed by atoms with E-state index in [1.807, 2.05) is 17.8 Å². The third-order valence-electron chi connectivity index (χ3n) is 4.38. The number of carbonyl (C=O) groups excluding carboxylic acids is 2. The minimum Gasteiger partial charge on any atom is -0.345 e. The van der Waals surface area contributed by atoms with Crippen LogP contribution in [0.15, 0.2) is 30.6 Å². The molecule has 1 aromatic carbocycles. The summed E-state index contributed by atoms with van der Waals surface area (Å²) in [5, 5.41) is 6.12. The summed E-state index contributed by atoms with van der Waals surface area (Å²) < 4.78 is 1.92. The van der Waals surface area contributed by atoms with Gasteiger partial charge < -0.3 is 20.1 Å². The molecular formula is C18H22ClN5O2. The number of urea groups is 1. The summed E-state index contributed by atoms with van der Waals surface area (Å²) in [4.78, 5) is 30.4. The number of hydrogen-bond acceptors (Lipinski definition) is 3. The number of hydrogen-bond donors (Lipinski definition) is 2. The Labute approximate surface area is 157 Å². The lowest BCUT2D eigenvalue weighted by Crippen LogP contribution is -2.35. The highest BCUT2D eigenvalue weighted by Crippen LogP contribution is 2.40. The summed E-state index contributed by atoms with van der Waals surface area (Å²) in [6.45, 7) is 0. The molecule has 2 N–H and O–H groups in total. The van der Waals surface area contributed by atoms with E-state index in [0.717, 1.165) is 18.7 Å². The maximum absolute atomic E-state index is 12.5. The van der Waals surface area contributed by atoms with Gasteiger partial charge in [-0.15, -0.1) is 0 Å². The van der Waals surface area contributed by atoms with Crippen LogP contribution in [-0.4, -0.2) is 40.5 Å². The third-order valence-corrected chi connectivity index (χ3v) is 4.71. The summed E-state index contributed by atoms with van der Waals surface area (Å²) in [5.74, 6) is 1.02. The average Bonchev–Trinajstić information content (AvgIpc) is 3.35. The SMILES string of the molecule is CN(C)C(=O)c1cc(NC(=O)N[C@H](c2nccn2C)C2CC2)ccc1Cl. The number of nitrogens with zero attached hydrogens (tertiary/aromatic N) is 3. The summed E-state index contributed by atoms with van der Waals surface area (Å²) in [6, 6.07) is 4.38. The van der Waals surface area contributed by atoms with Crippen LogP contribution in [-0.2, 0) is 7.05 Å². The number of anilines is 1. The van der Waals surface area contributed by atoms with Crippen molar-refractivity contribution >= 4 is 29.2 Å². The molecule has 8 heteroatoms. The largest absolute Gasteiger partial charge is 0.345 e. The van der Waals surface area contributed by atoms with Crippen molar-refractivity contribution in [2.24, 2.45) is 13.0 Å². The number of imidazole rings is 1. The molecule has 0 unspecified atom stereocenters.